The SMILES string of the molecule is O=C(O)[C@@H]1[C@H](C(=O)Nc2ccc3c(c2)Cc2ccccc2-3)[C@]2(Cl)C(Cl)=C(Cl)[C@]1(Cl)C2(Cl)Cl. The summed E-state index contributed by atoms with van der Waals surface area (Å²) in [5, 5.41) is 12.1. The summed E-state index contributed by atoms with van der Waals surface area (Å²) >= 11 is 38.7. The topological polar surface area (TPSA) is 66.4 Å². The molecule has 2 aromatic rings. The third kappa shape index (κ3) is 2.60. The molecule has 0 spiro atoms. The summed E-state index contributed by atoms with van der Waals surface area (Å²) in [7, 11) is 0. The second-order valence-corrected chi connectivity index (χ2v) is 11.4. The van der Waals surface area contributed by atoms with Crippen LogP contribution in [0.2, 0.25) is 0 Å². The van der Waals surface area contributed by atoms with Crippen LogP contribution < -0.4 is 5.32 Å². The number of rotatable bonds is 3. The molecule has 3 aliphatic rings. The quantitative estimate of drug-likeness (QED) is 0.372. The van der Waals surface area contributed by atoms with Gasteiger partial charge in [0.25, 0.3) is 0 Å². The van der Waals surface area contributed by atoms with Gasteiger partial charge in [-0.1, -0.05) is 76.7 Å². The number of anilines is 1. The maximum absolute atomic E-state index is 13.4. The van der Waals surface area contributed by atoms with Gasteiger partial charge < -0.3 is 10.4 Å². The van der Waals surface area contributed by atoms with E-state index in [9.17, 15) is 14.7 Å². The van der Waals surface area contributed by atoms with Crippen LogP contribution in [0.15, 0.2) is 52.5 Å². The molecule has 5 rings (SSSR count). The van der Waals surface area contributed by atoms with Crippen LogP contribution in [0, 0.1) is 11.8 Å². The predicted molar refractivity (Wildman–Crippen MR) is 128 cm³/mol. The molecule has 0 saturated heterocycles. The Morgan fingerprint density at radius 2 is 1.47 bits per heavy atom. The highest BCUT2D eigenvalue weighted by Crippen LogP contribution is 2.76. The minimum Gasteiger partial charge on any atom is -0.481 e. The zero-order chi connectivity index (χ0) is 23.2. The molecule has 2 bridgehead atoms. The van der Waals surface area contributed by atoms with Crippen LogP contribution in [-0.2, 0) is 16.0 Å². The first kappa shape index (κ1) is 22.6. The van der Waals surface area contributed by atoms with Gasteiger partial charge in [0, 0.05) is 5.69 Å². The molecule has 2 aromatic carbocycles. The van der Waals surface area contributed by atoms with E-state index >= 15 is 0 Å². The van der Waals surface area contributed by atoms with E-state index in [2.05, 4.69) is 11.4 Å². The van der Waals surface area contributed by atoms with Crippen molar-refractivity contribution in [1.82, 2.24) is 0 Å². The first-order valence-corrected chi connectivity index (χ1v) is 11.8. The molecule has 0 aliphatic heterocycles. The van der Waals surface area contributed by atoms with E-state index < -0.39 is 37.8 Å². The molecule has 0 radical (unpaired) electrons. The Balaban J connectivity index is 1.52. The summed E-state index contributed by atoms with van der Waals surface area (Å²) in [5.74, 6) is -5.22. The Kier molecular flexibility index (Phi) is 5.08. The van der Waals surface area contributed by atoms with Gasteiger partial charge in [0.2, 0.25) is 5.91 Å². The summed E-state index contributed by atoms with van der Waals surface area (Å²) in [6.07, 6.45) is 0.720. The van der Waals surface area contributed by atoms with Gasteiger partial charge in [-0.3, -0.25) is 9.59 Å². The van der Waals surface area contributed by atoms with Gasteiger partial charge >= 0.3 is 5.97 Å². The van der Waals surface area contributed by atoms with E-state index in [1.165, 1.54) is 5.56 Å². The van der Waals surface area contributed by atoms with Crippen LogP contribution in [0.1, 0.15) is 11.1 Å². The van der Waals surface area contributed by atoms with Crippen molar-refractivity contribution < 1.29 is 14.7 Å². The molecule has 166 valence electrons. The lowest BCUT2D eigenvalue weighted by molar-refractivity contribution is -0.146. The summed E-state index contributed by atoms with van der Waals surface area (Å²) in [6, 6.07) is 13.5. The van der Waals surface area contributed by atoms with Crippen LogP contribution in [0.3, 0.4) is 0 Å². The van der Waals surface area contributed by atoms with Gasteiger partial charge in [-0.25, -0.2) is 0 Å². The van der Waals surface area contributed by atoms with Gasteiger partial charge in [-0.15, -0.1) is 23.2 Å². The molecule has 32 heavy (non-hydrogen) atoms. The molecule has 4 atom stereocenters. The van der Waals surface area contributed by atoms with Gasteiger partial charge in [0.15, 0.2) is 4.33 Å². The molecule has 1 saturated carbocycles. The first-order chi connectivity index (χ1) is 15.0. The van der Waals surface area contributed by atoms with Gasteiger partial charge in [-0.2, -0.15) is 0 Å². The Bertz CT molecular complexity index is 1240. The summed E-state index contributed by atoms with van der Waals surface area (Å²) in [6.45, 7) is 0. The number of hydrogen-bond acceptors (Lipinski definition) is 2. The molecule has 0 heterocycles. The van der Waals surface area contributed by atoms with E-state index in [4.69, 9.17) is 69.6 Å². The van der Waals surface area contributed by atoms with Crippen LogP contribution in [0.5, 0.6) is 0 Å². The van der Waals surface area contributed by atoms with Gasteiger partial charge in [0.1, 0.15) is 9.75 Å². The average molecular weight is 552 g/mol. The van der Waals surface area contributed by atoms with E-state index in [0.29, 0.717) is 5.69 Å². The van der Waals surface area contributed by atoms with Crippen molar-refractivity contribution in [3.05, 3.63) is 63.7 Å². The molecule has 3 aliphatic carbocycles. The highest BCUT2D eigenvalue weighted by molar-refractivity contribution is 6.66. The van der Waals surface area contributed by atoms with Crippen molar-refractivity contribution in [2.75, 3.05) is 5.32 Å². The number of carbonyl (C=O) groups excluding carboxylic acids is 1. The summed E-state index contributed by atoms with van der Waals surface area (Å²) in [4.78, 5) is 21.4. The zero-order valence-corrected chi connectivity index (χ0v) is 20.5. The molecule has 0 aromatic heterocycles. The normalized spacial score (nSPS) is 31.4. The number of hydrogen-bond donors (Lipinski definition) is 2. The minimum absolute atomic E-state index is 0.233. The van der Waals surface area contributed by atoms with E-state index in [1.54, 1.807) is 6.07 Å². The van der Waals surface area contributed by atoms with Crippen molar-refractivity contribution in [2.24, 2.45) is 11.8 Å². The van der Waals surface area contributed by atoms with E-state index in [0.717, 1.165) is 23.1 Å². The lowest BCUT2D eigenvalue weighted by Crippen LogP contribution is -2.47. The average Bonchev–Trinajstić information content (AvgIpc) is 3.20. The number of carboxylic acid groups (broad SMARTS) is 1. The predicted octanol–water partition coefficient (Wildman–Crippen LogP) is 6.36. The third-order valence-corrected chi connectivity index (χ3v) is 10.8. The maximum atomic E-state index is 13.4. The molecular formula is C22H13Cl6NO3. The molecule has 10 heteroatoms. The number of benzene rings is 2. The van der Waals surface area contributed by atoms with Crippen LogP contribution in [0.25, 0.3) is 11.1 Å². The number of aliphatic carboxylic acids is 1. The Labute approximate surface area is 213 Å². The number of nitrogens with one attached hydrogen (secondary N) is 1. The number of carboxylic acids is 1. The minimum atomic E-state index is -2.14. The Morgan fingerprint density at radius 3 is 2.12 bits per heavy atom. The third-order valence-electron chi connectivity index (χ3n) is 6.55. The zero-order valence-electron chi connectivity index (χ0n) is 15.9. The fraction of sp³-hybridized carbons (Fsp3) is 0.273. The Hall–Kier alpha value is -1.14. The monoisotopic (exact) mass is 549 g/mol. The fourth-order valence-corrected chi connectivity index (χ4v) is 8.01. The molecule has 1 amide bonds. The number of allylic oxidation sites excluding steroid dienone is 2. The second kappa shape index (κ2) is 7.18. The maximum Gasteiger partial charge on any atom is 0.309 e. The molecule has 1 fully saturated rings. The second-order valence-electron chi connectivity index (χ2n) is 8.11. The van der Waals surface area contributed by atoms with Crippen molar-refractivity contribution in [2.45, 2.75) is 20.5 Å². The van der Waals surface area contributed by atoms with Crippen LogP contribution in [0.4, 0.5) is 5.69 Å². The number of carbonyl (C=O) groups is 2. The molecule has 4 nitrogen and oxygen atoms in total. The lowest BCUT2D eigenvalue weighted by Gasteiger charge is -2.33. The molecule has 2 N–H and O–H groups in total. The molecular weight excluding hydrogens is 539 g/mol. The fourth-order valence-electron chi connectivity index (χ4n) is 5.07. The smallest absolute Gasteiger partial charge is 0.309 e. The highest BCUT2D eigenvalue weighted by Gasteiger charge is 2.85. The van der Waals surface area contributed by atoms with Crippen molar-refractivity contribution >= 4 is 87.2 Å². The standard InChI is InChI=1S/C22H13Cl6NO3/c23-16-17(24)21(26)15(19(31)32)14(20(16,25)22(21,27)28)18(30)29-11-5-6-13-10(8-11)7-9-3-1-2-4-12(9)13/h1-6,8,14-15H,7H2,(H,29,30)(H,31,32)/t14-,15+,20+,21+/m1/s1. The van der Waals surface area contributed by atoms with Crippen molar-refractivity contribution in [3.63, 3.8) is 0 Å². The lowest BCUT2D eigenvalue weighted by atomic mass is 9.81. The largest absolute Gasteiger partial charge is 0.481 e. The van der Waals surface area contributed by atoms with Crippen molar-refractivity contribution in [3.8, 4) is 11.1 Å². The van der Waals surface area contributed by atoms with Crippen LogP contribution >= 0.6 is 69.6 Å². The molecule has 0 unspecified atom stereocenters. The van der Waals surface area contributed by atoms with Crippen LogP contribution in [-0.4, -0.2) is 31.1 Å². The first-order valence-electron chi connectivity index (χ1n) is 9.53. The number of alkyl halides is 4. The number of amides is 1. The summed E-state index contributed by atoms with van der Waals surface area (Å²) < 4.78 is -2.14. The van der Waals surface area contributed by atoms with E-state index in [-0.39, 0.29) is 10.1 Å². The van der Waals surface area contributed by atoms with E-state index in [1.807, 2.05) is 30.3 Å². The number of fused-ring (bicyclic) bond motifs is 5. The number of halogens is 6. The van der Waals surface area contributed by atoms with Crippen molar-refractivity contribution in [1.29, 1.82) is 0 Å². The van der Waals surface area contributed by atoms with Gasteiger partial charge in [-0.05, 0) is 40.8 Å². The highest BCUT2D eigenvalue weighted by atomic mass is 35.5. The Morgan fingerprint density at radius 1 is 0.875 bits per heavy atom. The summed E-state index contributed by atoms with van der Waals surface area (Å²) in [5.41, 5.74) is 4.91. The van der Waals surface area contributed by atoms with Gasteiger partial charge in [0.05, 0.1) is 21.9 Å².